The van der Waals surface area contributed by atoms with Crippen LogP contribution in [-0.2, 0) is 6.18 Å². The zero-order valence-corrected chi connectivity index (χ0v) is 10.2. The van der Waals surface area contributed by atoms with Crippen molar-refractivity contribution in [1.29, 1.82) is 5.26 Å². The van der Waals surface area contributed by atoms with Gasteiger partial charge in [-0.05, 0) is 18.2 Å². The topological polar surface area (TPSA) is 87.6 Å². The smallest absolute Gasteiger partial charge is 0.384 e. The van der Waals surface area contributed by atoms with Crippen molar-refractivity contribution in [1.82, 2.24) is 9.97 Å². The first kappa shape index (κ1) is 14.5. The van der Waals surface area contributed by atoms with Gasteiger partial charge in [0, 0.05) is 6.07 Å². The molecule has 0 spiro atoms. The number of nitrogen functional groups attached to an aromatic ring is 1. The number of hydrogen-bond acceptors (Lipinski definition) is 5. The molecule has 0 fully saturated rings. The molecule has 0 aliphatic heterocycles. The predicted molar refractivity (Wildman–Crippen MR) is 65.8 cm³/mol. The van der Waals surface area contributed by atoms with E-state index in [4.69, 9.17) is 11.0 Å². The van der Waals surface area contributed by atoms with E-state index in [9.17, 15) is 17.6 Å². The summed E-state index contributed by atoms with van der Waals surface area (Å²) in [7, 11) is 0. The number of benzene rings is 1. The van der Waals surface area contributed by atoms with Crippen LogP contribution in [0.3, 0.4) is 0 Å². The first-order chi connectivity index (χ1) is 9.79. The summed E-state index contributed by atoms with van der Waals surface area (Å²) in [5, 5.41) is 11.3. The number of aromatic nitrogens is 2. The van der Waals surface area contributed by atoms with Crippen molar-refractivity contribution in [3.63, 3.8) is 0 Å². The van der Waals surface area contributed by atoms with Gasteiger partial charge in [-0.25, -0.2) is 14.4 Å². The van der Waals surface area contributed by atoms with E-state index >= 15 is 0 Å². The number of nitrogens with one attached hydrogen (secondary N) is 1. The molecule has 0 saturated carbocycles. The number of rotatable bonds is 2. The summed E-state index contributed by atoms with van der Waals surface area (Å²) in [6, 6.07) is 5.99. The van der Waals surface area contributed by atoms with Gasteiger partial charge in [0.2, 0.25) is 5.82 Å². The summed E-state index contributed by atoms with van der Waals surface area (Å²) in [6.45, 7) is 0. The number of halogens is 4. The molecule has 0 aliphatic carbocycles. The quantitative estimate of drug-likeness (QED) is 0.832. The fraction of sp³-hybridized carbons (Fsp3) is 0.0833. The minimum Gasteiger partial charge on any atom is -0.384 e. The van der Waals surface area contributed by atoms with Gasteiger partial charge in [-0.15, -0.1) is 0 Å². The number of nitrogens with zero attached hydrogens (tertiary/aromatic N) is 3. The van der Waals surface area contributed by atoms with Gasteiger partial charge >= 0.3 is 6.18 Å². The monoisotopic (exact) mass is 297 g/mol. The number of anilines is 3. The molecule has 2 aromatic rings. The van der Waals surface area contributed by atoms with Crippen LogP contribution < -0.4 is 11.1 Å². The molecule has 0 radical (unpaired) electrons. The van der Waals surface area contributed by atoms with E-state index < -0.39 is 17.8 Å². The Bertz CT molecular complexity index is 721. The lowest BCUT2D eigenvalue weighted by Gasteiger charge is -2.11. The molecular weight excluding hydrogens is 290 g/mol. The second kappa shape index (κ2) is 5.24. The standard InChI is InChI=1S/C12H7F4N5/c13-7-1-2-8(6(3-7)5-17)19-10-4-9(18)20-11(21-10)12(14,15)16/h1-4H,(H3,18,19,20,21). The van der Waals surface area contributed by atoms with Gasteiger partial charge < -0.3 is 11.1 Å². The highest BCUT2D eigenvalue weighted by Gasteiger charge is 2.35. The molecule has 0 atom stereocenters. The maximum Gasteiger partial charge on any atom is 0.451 e. The molecule has 0 aliphatic rings. The van der Waals surface area contributed by atoms with Crippen molar-refractivity contribution in [2.45, 2.75) is 6.18 Å². The van der Waals surface area contributed by atoms with Crippen molar-refractivity contribution in [3.8, 4) is 6.07 Å². The maximum absolute atomic E-state index is 13.0. The molecule has 0 bridgehead atoms. The van der Waals surface area contributed by atoms with Gasteiger partial charge in [0.1, 0.15) is 23.5 Å². The SMILES string of the molecule is N#Cc1cc(F)ccc1Nc1cc(N)nc(C(F)(F)F)n1. The Hall–Kier alpha value is -2.89. The van der Waals surface area contributed by atoms with Gasteiger partial charge in [0.15, 0.2) is 0 Å². The van der Waals surface area contributed by atoms with E-state index in [1.165, 1.54) is 6.07 Å². The lowest BCUT2D eigenvalue weighted by molar-refractivity contribution is -0.144. The van der Waals surface area contributed by atoms with Gasteiger partial charge in [0.05, 0.1) is 11.3 Å². The van der Waals surface area contributed by atoms with Crippen LogP contribution in [0.15, 0.2) is 24.3 Å². The Morgan fingerprint density at radius 2 is 1.90 bits per heavy atom. The van der Waals surface area contributed by atoms with E-state index in [0.717, 1.165) is 18.2 Å². The zero-order valence-electron chi connectivity index (χ0n) is 10.2. The van der Waals surface area contributed by atoms with Crippen molar-refractivity contribution in [2.75, 3.05) is 11.1 Å². The second-order valence-electron chi connectivity index (χ2n) is 3.93. The van der Waals surface area contributed by atoms with Crippen molar-refractivity contribution in [2.24, 2.45) is 0 Å². The first-order valence-corrected chi connectivity index (χ1v) is 5.48. The normalized spacial score (nSPS) is 11.0. The molecule has 9 heteroatoms. The molecule has 108 valence electrons. The van der Waals surface area contributed by atoms with Crippen LogP contribution in [0.5, 0.6) is 0 Å². The van der Waals surface area contributed by atoms with Crippen LogP contribution in [-0.4, -0.2) is 9.97 Å². The van der Waals surface area contributed by atoms with E-state index in [0.29, 0.717) is 0 Å². The van der Waals surface area contributed by atoms with Crippen LogP contribution in [0.2, 0.25) is 0 Å². The van der Waals surface area contributed by atoms with Gasteiger partial charge in [0.25, 0.3) is 0 Å². The lowest BCUT2D eigenvalue weighted by atomic mass is 10.2. The van der Waals surface area contributed by atoms with Crippen molar-refractivity contribution >= 4 is 17.3 Å². The highest BCUT2D eigenvalue weighted by atomic mass is 19.4. The molecule has 1 aromatic heterocycles. The lowest BCUT2D eigenvalue weighted by Crippen LogP contribution is -2.13. The highest BCUT2D eigenvalue weighted by molar-refractivity contribution is 5.65. The van der Waals surface area contributed by atoms with Crippen LogP contribution in [0, 0.1) is 17.1 Å². The number of hydrogen-bond donors (Lipinski definition) is 2. The number of alkyl halides is 3. The first-order valence-electron chi connectivity index (χ1n) is 5.48. The van der Waals surface area contributed by atoms with Gasteiger partial charge in [-0.3, -0.25) is 0 Å². The van der Waals surface area contributed by atoms with Gasteiger partial charge in [-0.1, -0.05) is 0 Å². The maximum atomic E-state index is 13.0. The summed E-state index contributed by atoms with van der Waals surface area (Å²) in [5.74, 6) is -2.70. The molecule has 0 unspecified atom stereocenters. The molecule has 3 N–H and O–H groups in total. The van der Waals surface area contributed by atoms with Crippen molar-refractivity contribution < 1.29 is 17.6 Å². The van der Waals surface area contributed by atoms with E-state index in [2.05, 4.69) is 15.3 Å². The van der Waals surface area contributed by atoms with E-state index in [-0.39, 0.29) is 22.9 Å². The molecule has 5 nitrogen and oxygen atoms in total. The average Bonchev–Trinajstić information content (AvgIpc) is 2.39. The third-order valence-corrected chi connectivity index (χ3v) is 2.36. The summed E-state index contributed by atoms with van der Waals surface area (Å²) < 4.78 is 50.7. The molecule has 2 rings (SSSR count). The van der Waals surface area contributed by atoms with E-state index in [1.807, 2.05) is 0 Å². The third-order valence-electron chi connectivity index (χ3n) is 2.36. The summed E-state index contributed by atoms with van der Waals surface area (Å²) >= 11 is 0. The summed E-state index contributed by atoms with van der Waals surface area (Å²) in [4.78, 5) is 6.35. The third kappa shape index (κ3) is 3.36. The predicted octanol–water partition coefficient (Wildman–Crippen LogP) is 2.83. The van der Waals surface area contributed by atoms with E-state index in [1.54, 1.807) is 6.07 Å². The molecular formula is C12H7F4N5. The fourth-order valence-corrected chi connectivity index (χ4v) is 1.51. The largest absolute Gasteiger partial charge is 0.451 e. The zero-order chi connectivity index (χ0) is 15.6. The van der Waals surface area contributed by atoms with Crippen LogP contribution in [0.25, 0.3) is 0 Å². The number of nitrogens with two attached hydrogens (primary N) is 1. The van der Waals surface area contributed by atoms with Crippen LogP contribution in [0.4, 0.5) is 34.9 Å². The Balaban J connectivity index is 2.41. The fourth-order valence-electron chi connectivity index (χ4n) is 1.51. The molecule has 1 aromatic carbocycles. The second-order valence-corrected chi connectivity index (χ2v) is 3.93. The molecule has 0 amide bonds. The van der Waals surface area contributed by atoms with Crippen LogP contribution in [0.1, 0.15) is 11.4 Å². The number of nitriles is 1. The Kier molecular flexibility index (Phi) is 3.62. The Labute approximate surface area is 116 Å². The molecule has 21 heavy (non-hydrogen) atoms. The minimum absolute atomic E-state index is 0.0826. The average molecular weight is 297 g/mol. The van der Waals surface area contributed by atoms with Crippen molar-refractivity contribution in [3.05, 3.63) is 41.5 Å². The van der Waals surface area contributed by atoms with Crippen LogP contribution >= 0.6 is 0 Å². The summed E-state index contributed by atoms with van der Waals surface area (Å²) in [6.07, 6.45) is -4.76. The van der Waals surface area contributed by atoms with Gasteiger partial charge in [-0.2, -0.15) is 18.4 Å². The molecule has 1 heterocycles. The summed E-state index contributed by atoms with van der Waals surface area (Å²) in [5.41, 5.74) is 5.31. The molecule has 0 saturated heterocycles. The minimum atomic E-state index is -4.76. The Morgan fingerprint density at radius 1 is 1.19 bits per heavy atom. The highest BCUT2D eigenvalue weighted by Crippen LogP contribution is 2.29. The Morgan fingerprint density at radius 3 is 2.52 bits per heavy atom.